The first-order valence-electron chi connectivity index (χ1n) is 11.9. The number of nitrogens with zero attached hydrogens (tertiary/aromatic N) is 2. The van der Waals surface area contributed by atoms with Crippen molar-refractivity contribution in [2.75, 3.05) is 6.54 Å². The highest BCUT2D eigenvalue weighted by Crippen LogP contribution is 2.30. The fourth-order valence-electron chi connectivity index (χ4n) is 4.16. The van der Waals surface area contributed by atoms with Crippen molar-refractivity contribution in [3.63, 3.8) is 0 Å². The van der Waals surface area contributed by atoms with Crippen LogP contribution in [0.4, 0.5) is 0 Å². The molecule has 1 aliphatic heterocycles. The van der Waals surface area contributed by atoms with Crippen molar-refractivity contribution >= 4 is 27.7 Å². The van der Waals surface area contributed by atoms with E-state index < -0.39 is 22.0 Å². The zero-order valence-corrected chi connectivity index (χ0v) is 21.5. The van der Waals surface area contributed by atoms with Crippen LogP contribution in [0.2, 0.25) is 0 Å². The molecule has 3 amide bonds. The Morgan fingerprint density at radius 3 is 2.31 bits per heavy atom. The zero-order valence-electron chi connectivity index (χ0n) is 20.7. The number of hydrogen-bond acceptors (Lipinski definition) is 5. The highest BCUT2D eigenvalue weighted by molar-refractivity contribution is 7.90. The minimum atomic E-state index is -3.92. The number of carbonyl (C=O) groups is 3. The summed E-state index contributed by atoms with van der Waals surface area (Å²) >= 11 is 0. The summed E-state index contributed by atoms with van der Waals surface area (Å²) in [5.41, 5.74) is 2.14. The summed E-state index contributed by atoms with van der Waals surface area (Å²) in [6.07, 6.45) is 0.599. The van der Waals surface area contributed by atoms with Gasteiger partial charge in [0.15, 0.2) is 0 Å². The van der Waals surface area contributed by atoms with Crippen LogP contribution in [0.5, 0.6) is 0 Å². The summed E-state index contributed by atoms with van der Waals surface area (Å²) < 4.78 is 26.4. The fraction of sp³-hybridized carbons (Fsp3) is 0.423. The predicted octanol–water partition coefficient (Wildman–Crippen LogP) is 3.25. The first kappa shape index (κ1) is 26.4. The topological polar surface area (TPSA) is 104 Å². The largest absolute Gasteiger partial charge is 0.352 e. The molecule has 0 aliphatic carbocycles. The third-order valence-electron chi connectivity index (χ3n) is 5.95. The highest BCUT2D eigenvalue weighted by Gasteiger charge is 2.40. The van der Waals surface area contributed by atoms with Crippen LogP contribution in [0.15, 0.2) is 53.4 Å². The molecule has 0 saturated carbocycles. The van der Waals surface area contributed by atoms with Gasteiger partial charge in [0.25, 0.3) is 15.9 Å². The molecule has 188 valence electrons. The Labute approximate surface area is 207 Å². The number of amides is 3. The quantitative estimate of drug-likeness (QED) is 0.540. The Kier molecular flexibility index (Phi) is 8.32. The van der Waals surface area contributed by atoms with E-state index in [0.29, 0.717) is 6.42 Å². The van der Waals surface area contributed by atoms with Crippen molar-refractivity contribution in [2.24, 2.45) is 0 Å². The number of aryl methyl sites for hydroxylation is 1. The van der Waals surface area contributed by atoms with E-state index in [9.17, 15) is 22.8 Å². The summed E-state index contributed by atoms with van der Waals surface area (Å²) in [4.78, 5) is 40.4. The fourth-order valence-corrected chi connectivity index (χ4v) is 5.77. The number of benzene rings is 2. The molecule has 35 heavy (non-hydrogen) atoms. The predicted molar refractivity (Wildman–Crippen MR) is 133 cm³/mol. The Morgan fingerprint density at radius 2 is 1.71 bits per heavy atom. The van der Waals surface area contributed by atoms with E-state index in [1.165, 1.54) is 12.1 Å². The van der Waals surface area contributed by atoms with Gasteiger partial charge in [-0.2, -0.15) is 0 Å². The lowest BCUT2D eigenvalue weighted by atomic mass is 10.1. The molecule has 1 heterocycles. The summed E-state index contributed by atoms with van der Waals surface area (Å²) in [6, 6.07) is 13.1. The van der Waals surface area contributed by atoms with E-state index in [1.54, 1.807) is 17.0 Å². The third-order valence-corrected chi connectivity index (χ3v) is 7.79. The minimum absolute atomic E-state index is 0.00581. The summed E-state index contributed by atoms with van der Waals surface area (Å²) in [5.74, 6) is -1.07. The summed E-state index contributed by atoms with van der Waals surface area (Å²) in [7, 11) is -3.92. The Hall–Kier alpha value is -3.20. The average Bonchev–Trinajstić information content (AvgIpc) is 3.00. The van der Waals surface area contributed by atoms with Crippen LogP contribution >= 0.6 is 0 Å². The number of carbonyl (C=O) groups excluding carboxylic acids is 3. The van der Waals surface area contributed by atoms with Gasteiger partial charge >= 0.3 is 0 Å². The van der Waals surface area contributed by atoms with Crippen LogP contribution in [0, 0.1) is 6.92 Å². The van der Waals surface area contributed by atoms with Crippen molar-refractivity contribution in [3.05, 3.63) is 65.2 Å². The van der Waals surface area contributed by atoms with E-state index >= 15 is 0 Å². The summed E-state index contributed by atoms with van der Waals surface area (Å²) in [6.45, 7) is 7.71. The molecule has 0 fully saturated rings. The molecule has 0 aromatic heterocycles. The van der Waals surface area contributed by atoms with Gasteiger partial charge in [-0.15, -0.1) is 0 Å². The molecule has 0 radical (unpaired) electrons. The molecule has 2 aromatic carbocycles. The Bertz CT molecular complexity index is 1190. The van der Waals surface area contributed by atoms with Crippen LogP contribution in [0.25, 0.3) is 0 Å². The zero-order chi connectivity index (χ0) is 25.8. The van der Waals surface area contributed by atoms with Gasteiger partial charge in [-0.3, -0.25) is 14.4 Å². The molecule has 8 nitrogen and oxygen atoms in total. The van der Waals surface area contributed by atoms with Crippen molar-refractivity contribution in [1.82, 2.24) is 14.5 Å². The molecule has 0 unspecified atom stereocenters. The lowest BCUT2D eigenvalue weighted by Gasteiger charge is -2.31. The van der Waals surface area contributed by atoms with E-state index in [-0.39, 0.29) is 54.2 Å². The van der Waals surface area contributed by atoms with E-state index in [1.807, 2.05) is 52.0 Å². The maximum atomic E-state index is 13.3. The van der Waals surface area contributed by atoms with Gasteiger partial charge in [0.1, 0.15) is 10.9 Å². The molecule has 1 N–H and O–H groups in total. The van der Waals surface area contributed by atoms with E-state index in [0.717, 1.165) is 15.4 Å². The van der Waals surface area contributed by atoms with Gasteiger partial charge in [-0.05, 0) is 51.3 Å². The minimum Gasteiger partial charge on any atom is -0.352 e. The second kappa shape index (κ2) is 11.0. The van der Waals surface area contributed by atoms with Crippen LogP contribution in [-0.4, -0.2) is 54.0 Å². The molecule has 0 spiro atoms. The standard InChI is InChI=1S/C26H33N3O5S/c1-5-22(25(31)27-18(2)3)28(17-20-14-12-19(4)13-15-20)24(30)11-8-16-29-26(32)21-9-6-7-10-23(21)35(29,33)34/h6-7,9-10,12-15,18,22H,5,8,11,16-17H2,1-4H3,(H,27,31)/t22-/m0/s1. The van der Waals surface area contributed by atoms with Crippen LogP contribution in [-0.2, 0) is 26.2 Å². The molecular weight excluding hydrogens is 466 g/mol. The first-order chi connectivity index (χ1) is 16.6. The van der Waals surface area contributed by atoms with Crippen molar-refractivity contribution in [3.8, 4) is 0 Å². The van der Waals surface area contributed by atoms with Gasteiger partial charge in [0, 0.05) is 25.6 Å². The molecule has 0 bridgehead atoms. The number of nitrogens with one attached hydrogen (secondary N) is 1. The molecule has 2 aromatic rings. The molecule has 1 aliphatic rings. The average molecular weight is 500 g/mol. The van der Waals surface area contributed by atoms with Crippen molar-refractivity contribution in [1.29, 1.82) is 0 Å². The van der Waals surface area contributed by atoms with Gasteiger partial charge in [0.05, 0.1) is 5.56 Å². The second-order valence-corrected chi connectivity index (χ2v) is 10.9. The molecule has 1 atom stereocenters. The number of fused-ring (bicyclic) bond motifs is 1. The molecule has 9 heteroatoms. The van der Waals surface area contributed by atoms with Crippen molar-refractivity contribution < 1.29 is 22.8 Å². The number of hydrogen-bond donors (Lipinski definition) is 1. The van der Waals surface area contributed by atoms with E-state index in [2.05, 4.69) is 5.32 Å². The van der Waals surface area contributed by atoms with Crippen LogP contribution in [0.3, 0.4) is 0 Å². The molecule has 3 rings (SSSR count). The van der Waals surface area contributed by atoms with Crippen molar-refractivity contribution in [2.45, 2.75) is 70.5 Å². The second-order valence-electron chi connectivity index (χ2n) is 9.08. The number of rotatable bonds is 10. The molecular formula is C26H33N3O5S. The summed E-state index contributed by atoms with van der Waals surface area (Å²) in [5, 5.41) is 2.89. The Morgan fingerprint density at radius 1 is 1.06 bits per heavy atom. The molecule has 0 saturated heterocycles. The Balaban J connectivity index is 1.74. The lowest BCUT2D eigenvalue weighted by Crippen LogP contribution is -2.50. The number of sulfonamides is 1. The first-order valence-corrected chi connectivity index (χ1v) is 13.3. The van der Waals surface area contributed by atoms with Crippen LogP contribution in [0.1, 0.15) is 61.5 Å². The van der Waals surface area contributed by atoms with Gasteiger partial charge < -0.3 is 10.2 Å². The smallest absolute Gasteiger partial charge is 0.269 e. The van der Waals surface area contributed by atoms with E-state index in [4.69, 9.17) is 0 Å². The normalized spacial score (nSPS) is 15.1. The lowest BCUT2D eigenvalue weighted by molar-refractivity contribution is -0.141. The monoisotopic (exact) mass is 499 g/mol. The highest BCUT2D eigenvalue weighted by atomic mass is 32.2. The third kappa shape index (κ3) is 5.90. The van der Waals surface area contributed by atoms with Gasteiger partial charge in [-0.1, -0.05) is 48.9 Å². The maximum Gasteiger partial charge on any atom is 0.269 e. The maximum absolute atomic E-state index is 13.3. The van der Waals surface area contributed by atoms with Gasteiger partial charge in [-0.25, -0.2) is 12.7 Å². The van der Waals surface area contributed by atoms with Crippen LogP contribution < -0.4 is 5.32 Å². The SMILES string of the molecule is CC[C@@H](C(=O)NC(C)C)N(Cc1ccc(C)cc1)C(=O)CCCN1C(=O)c2ccccc2S1(=O)=O. The van der Waals surface area contributed by atoms with Gasteiger partial charge in [0.2, 0.25) is 11.8 Å².